The van der Waals surface area contributed by atoms with E-state index in [4.69, 9.17) is 0 Å². The smallest absolute Gasteiger partial charge is 0.220 e. The summed E-state index contributed by atoms with van der Waals surface area (Å²) in [6.45, 7) is 11.4. The second-order valence-corrected chi connectivity index (χ2v) is 13.4. The molecule has 0 bridgehead atoms. The van der Waals surface area contributed by atoms with E-state index < -0.39 is 0 Å². The fourth-order valence-corrected chi connectivity index (χ4v) is 7.40. The van der Waals surface area contributed by atoms with Gasteiger partial charge in [0.1, 0.15) is 0 Å². The quantitative estimate of drug-likeness (QED) is 0.174. The zero-order chi connectivity index (χ0) is 28.0. The summed E-state index contributed by atoms with van der Waals surface area (Å²) in [4.78, 5) is 14.4. The molecule has 38 heavy (non-hydrogen) atoms. The number of amides is 1. The highest BCUT2D eigenvalue weighted by Crippen LogP contribution is 2.43. The van der Waals surface area contributed by atoms with Crippen molar-refractivity contribution in [2.24, 2.45) is 5.92 Å². The van der Waals surface area contributed by atoms with Crippen LogP contribution in [0.5, 0.6) is 11.8 Å². The lowest BCUT2D eigenvalue weighted by Gasteiger charge is -2.55. The van der Waals surface area contributed by atoms with Gasteiger partial charge in [0.05, 0.1) is 0 Å². The van der Waals surface area contributed by atoms with Crippen LogP contribution in [0.2, 0.25) is 0 Å². The summed E-state index contributed by atoms with van der Waals surface area (Å²) in [5.41, 5.74) is -0.0555. The molecular weight excluding hydrogens is 472 g/mol. The maximum Gasteiger partial charge on any atom is 0.220 e. The molecule has 0 unspecified atom stereocenters. The van der Waals surface area contributed by atoms with Crippen LogP contribution in [0, 0.1) is 5.92 Å². The Bertz CT molecular complexity index is 761. The van der Waals surface area contributed by atoms with Crippen LogP contribution in [-0.4, -0.2) is 36.7 Å². The molecule has 0 spiro atoms. The Morgan fingerprint density at radius 3 is 1.39 bits per heavy atom. The van der Waals surface area contributed by atoms with Crippen LogP contribution >= 0.6 is 0 Å². The van der Waals surface area contributed by atoms with Crippen molar-refractivity contribution in [1.82, 2.24) is 9.47 Å². The molecule has 0 atom stereocenters. The molecule has 5 heteroatoms. The molecule has 2 heterocycles. The molecule has 0 aromatic carbocycles. The van der Waals surface area contributed by atoms with E-state index in [1.54, 1.807) is 23.6 Å². The van der Waals surface area contributed by atoms with Gasteiger partial charge in [0, 0.05) is 36.7 Å². The Morgan fingerprint density at radius 2 is 1.03 bits per heavy atom. The minimum Gasteiger partial charge on any atom is -0.494 e. The molecule has 1 saturated heterocycles. The van der Waals surface area contributed by atoms with Crippen molar-refractivity contribution in [3.63, 3.8) is 0 Å². The predicted molar refractivity (Wildman–Crippen MR) is 160 cm³/mol. The van der Waals surface area contributed by atoms with Gasteiger partial charge in [0.2, 0.25) is 5.91 Å². The molecule has 0 aliphatic carbocycles. The third-order valence-corrected chi connectivity index (χ3v) is 8.78. The van der Waals surface area contributed by atoms with E-state index in [0.717, 1.165) is 31.6 Å². The van der Waals surface area contributed by atoms with Crippen molar-refractivity contribution in [2.45, 2.75) is 174 Å². The van der Waals surface area contributed by atoms with Crippen molar-refractivity contribution in [3.05, 3.63) is 12.1 Å². The van der Waals surface area contributed by atoms with Crippen LogP contribution in [0.15, 0.2) is 12.1 Å². The van der Waals surface area contributed by atoms with Gasteiger partial charge >= 0.3 is 0 Å². The van der Waals surface area contributed by atoms with Gasteiger partial charge in [-0.05, 0) is 52.9 Å². The Hall–Kier alpha value is -1.65. The second-order valence-electron chi connectivity index (χ2n) is 13.4. The highest BCUT2D eigenvalue weighted by Gasteiger charge is 2.46. The van der Waals surface area contributed by atoms with Crippen LogP contribution in [0.4, 0.5) is 0 Å². The van der Waals surface area contributed by atoms with Gasteiger partial charge in [-0.2, -0.15) is 0 Å². The SMILES string of the molecule is CC(=O)N1C(C)(C)CC(CCCCCCCCCCCCCCCCCCn2c(O)ccc2O)CC1(C)C. The number of carbonyl (C=O) groups is 1. The predicted octanol–water partition coefficient (Wildman–Crippen LogP) is 9.35. The third kappa shape index (κ3) is 11.2. The van der Waals surface area contributed by atoms with Crippen molar-refractivity contribution >= 4 is 5.91 Å². The zero-order valence-electron chi connectivity index (χ0n) is 25.6. The monoisotopic (exact) mass is 532 g/mol. The molecule has 0 saturated carbocycles. The number of carbonyl (C=O) groups excluding carboxylic acids is 1. The van der Waals surface area contributed by atoms with Crippen molar-refractivity contribution in [1.29, 1.82) is 0 Å². The number of nitrogens with zero attached hydrogens (tertiary/aromatic N) is 2. The first-order valence-corrected chi connectivity index (χ1v) is 15.9. The number of unbranched alkanes of at least 4 members (excludes halogenated alkanes) is 15. The minimum absolute atomic E-state index is 0.0277. The fourth-order valence-electron chi connectivity index (χ4n) is 7.40. The largest absolute Gasteiger partial charge is 0.494 e. The highest BCUT2D eigenvalue weighted by atomic mass is 16.3. The van der Waals surface area contributed by atoms with Gasteiger partial charge < -0.3 is 15.1 Å². The Morgan fingerprint density at radius 1 is 0.684 bits per heavy atom. The molecule has 2 N–H and O–H groups in total. The van der Waals surface area contributed by atoms with E-state index >= 15 is 0 Å². The fraction of sp³-hybridized carbons (Fsp3) is 0.848. The van der Waals surface area contributed by atoms with Crippen LogP contribution in [-0.2, 0) is 11.3 Å². The standard InChI is InChI=1S/C33H60N2O3/c1-28(36)35-32(2,3)26-29(27-33(35,4)5)22-20-18-16-14-12-10-8-6-7-9-11-13-15-17-19-21-25-34-30(37)23-24-31(34)38/h23-24,29,37-38H,6-22,25-27H2,1-5H3. The van der Waals surface area contributed by atoms with Crippen LogP contribution in [0.3, 0.4) is 0 Å². The number of rotatable bonds is 19. The number of aromatic nitrogens is 1. The summed E-state index contributed by atoms with van der Waals surface area (Å²) in [6.07, 6.45) is 24.9. The van der Waals surface area contributed by atoms with E-state index in [1.165, 1.54) is 96.3 Å². The van der Waals surface area contributed by atoms with Gasteiger partial charge in [0.25, 0.3) is 0 Å². The number of aromatic hydroxyl groups is 2. The molecule has 2 rings (SSSR count). The maximum absolute atomic E-state index is 12.2. The van der Waals surface area contributed by atoms with Gasteiger partial charge in [0.15, 0.2) is 11.8 Å². The van der Waals surface area contributed by atoms with Crippen LogP contribution in [0.25, 0.3) is 0 Å². The van der Waals surface area contributed by atoms with E-state index in [9.17, 15) is 15.0 Å². The van der Waals surface area contributed by atoms with Gasteiger partial charge in [-0.15, -0.1) is 0 Å². The molecule has 1 aliphatic heterocycles. The molecule has 1 fully saturated rings. The Labute approximate surface area is 234 Å². The first-order valence-electron chi connectivity index (χ1n) is 15.9. The molecule has 1 amide bonds. The number of piperidine rings is 1. The van der Waals surface area contributed by atoms with Crippen molar-refractivity contribution in [3.8, 4) is 11.8 Å². The minimum atomic E-state index is -0.0277. The van der Waals surface area contributed by atoms with E-state index in [0.29, 0.717) is 6.54 Å². The molecule has 1 aromatic heterocycles. The van der Waals surface area contributed by atoms with Crippen molar-refractivity contribution in [2.75, 3.05) is 0 Å². The summed E-state index contributed by atoms with van der Waals surface area (Å²) in [6, 6.07) is 3.09. The molecular formula is C33H60N2O3. The summed E-state index contributed by atoms with van der Waals surface area (Å²) in [5, 5.41) is 19.3. The molecule has 5 nitrogen and oxygen atoms in total. The highest BCUT2D eigenvalue weighted by molar-refractivity contribution is 5.75. The first kappa shape index (κ1) is 32.6. The number of likely N-dealkylation sites (tertiary alicyclic amines) is 1. The normalized spacial score (nSPS) is 17.2. The lowest BCUT2D eigenvalue weighted by Crippen LogP contribution is -2.62. The molecule has 220 valence electrons. The van der Waals surface area contributed by atoms with Gasteiger partial charge in [-0.3, -0.25) is 9.36 Å². The topological polar surface area (TPSA) is 65.7 Å². The van der Waals surface area contributed by atoms with E-state index in [-0.39, 0.29) is 28.7 Å². The summed E-state index contributed by atoms with van der Waals surface area (Å²) < 4.78 is 1.57. The number of hydrogen-bond acceptors (Lipinski definition) is 3. The summed E-state index contributed by atoms with van der Waals surface area (Å²) in [7, 11) is 0. The maximum atomic E-state index is 12.2. The van der Waals surface area contributed by atoms with Crippen LogP contribution < -0.4 is 0 Å². The van der Waals surface area contributed by atoms with Crippen molar-refractivity contribution < 1.29 is 15.0 Å². The molecule has 0 radical (unpaired) electrons. The lowest BCUT2D eigenvalue weighted by molar-refractivity contribution is -0.149. The van der Waals surface area contributed by atoms with Gasteiger partial charge in [-0.25, -0.2) is 0 Å². The Balaban J connectivity index is 1.34. The Kier molecular flexibility index (Phi) is 14.1. The summed E-state index contributed by atoms with van der Waals surface area (Å²) in [5.74, 6) is 1.28. The van der Waals surface area contributed by atoms with E-state index in [2.05, 4.69) is 32.6 Å². The number of hydrogen-bond donors (Lipinski definition) is 2. The first-order chi connectivity index (χ1) is 18.0. The summed E-state index contributed by atoms with van der Waals surface area (Å²) >= 11 is 0. The third-order valence-electron chi connectivity index (χ3n) is 8.78. The van der Waals surface area contributed by atoms with Gasteiger partial charge in [-0.1, -0.05) is 103 Å². The van der Waals surface area contributed by atoms with Crippen LogP contribution in [0.1, 0.15) is 157 Å². The molecule has 1 aliphatic rings. The average Bonchev–Trinajstić information content (AvgIpc) is 3.13. The van der Waals surface area contributed by atoms with E-state index in [1.807, 2.05) is 0 Å². The molecule has 1 aromatic rings. The second kappa shape index (κ2) is 16.5. The zero-order valence-corrected chi connectivity index (χ0v) is 25.6. The lowest BCUT2D eigenvalue weighted by atomic mass is 9.72. The average molecular weight is 533 g/mol.